The van der Waals surface area contributed by atoms with E-state index in [0.29, 0.717) is 0 Å². The fraction of sp³-hybridized carbons (Fsp3) is 0.625. The van der Waals surface area contributed by atoms with E-state index in [1.165, 1.54) is 37.8 Å². The largest absolute Gasteiger partial charge is 0.377 e. The van der Waals surface area contributed by atoms with Crippen LogP contribution in [0.1, 0.15) is 31.2 Å². The highest BCUT2D eigenvalue weighted by Crippen LogP contribution is 2.05. The number of benzene rings is 1. The lowest BCUT2D eigenvalue weighted by Gasteiger charge is -2.23. The lowest BCUT2D eigenvalue weighted by Crippen LogP contribution is -2.35. The van der Waals surface area contributed by atoms with Gasteiger partial charge >= 0.3 is 0 Å². The van der Waals surface area contributed by atoms with Crippen LogP contribution in [-0.4, -0.2) is 38.8 Å². The highest BCUT2D eigenvalue weighted by molar-refractivity contribution is 5.13. The average molecular weight is 250 g/mol. The van der Waals surface area contributed by atoms with Gasteiger partial charge in [0, 0.05) is 6.61 Å². The lowest BCUT2D eigenvalue weighted by molar-refractivity contribution is -0.870. The van der Waals surface area contributed by atoms with Gasteiger partial charge in [0.1, 0.15) is 0 Å². The van der Waals surface area contributed by atoms with Crippen LogP contribution in [0.4, 0.5) is 0 Å². The quantitative estimate of drug-likeness (QED) is 0.482. The van der Waals surface area contributed by atoms with E-state index in [-0.39, 0.29) is 0 Å². The Kier molecular flexibility index (Phi) is 6.99. The number of quaternary nitrogens is 1. The second-order valence-corrected chi connectivity index (χ2v) is 5.97. The van der Waals surface area contributed by atoms with Crippen molar-refractivity contribution in [2.75, 3.05) is 34.3 Å². The average Bonchev–Trinajstić information content (AvgIpc) is 2.32. The molecule has 0 bridgehead atoms. The highest BCUT2D eigenvalue weighted by Gasteiger charge is 2.04. The number of nitrogens with zero attached hydrogens (tertiary/aromatic N) is 1. The summed E-state index contributed by atoms with van der Waals surface area (Å²) >= 11 is 0. The van der Waals surface area contributed by atoms with Crippen molar-refractivity contribution in [3.63, 3.8) is 0 Å². The molecular formula is C16H28NO+. The molecule has 1 rings (SSSR count). The molecule has 102 valence electrons. The molecular weight excluding hydrogens is 222 g/mol. The van der Waals surface area contributed by atoms with Crippen LogP contribution in [0, 0.1) is 0 Å². The SMILES string of the molecule is C[N+](C)(C)CCCCCCOCc1ccccc1. The van der Waals surface area contributed by atoms with Crippen LogP contribution in [0.25, 0.3) is 0 Å². The van der Waals surface area contributed by atoms with Gasteiger partial charge in [-0.1, -0.05) is 36.8 Å². The molecule has 0 N–H and O–H groups in total. The smallest absolute Gasteiger partial charge is 0.0780 e. The fourth-order valence-corrected chi connectivity index (χ4v) is 1.91. The van der Waals surface area contributed by atoms with Crippen molar-refractivity contribution in [1.29, 1.82) is 0 Å². The Morgan fingerprint density at radius 2 is 1.56 bits per heavy atom. The molecule has 0 unspecified atom stereocenters. The summed E-state index contributed by atoms with van der Waals surface area (Å²) < 4.78 is 6.74. The molecule has 1 aromatic rings. The standard InChI is InChI=1S/C16H28NO/c1-17(2,3)13-9-4-5-10-14-18-15-16-11-7-6-8-12-16/h6-8,11-12H,4-5,9-10,13-15H2,1-3H3/q+1. The van der Waals surface area contributed by atoms with Crippen molar-refractivity contribution in [3.05, 3.63) is 35.9 Å². The third-order valence-electron chi connectivity index (χ3n) is 2.98. The third kappa shape index (κ3) is 8.26. The van der Waals surface area contributed by atoms with Crippen molar-refractivity contribution in [2.45, 2.75) is 32.3 Å². The van der Waals surface area contributed by atoms with Crippen LogP contribution in [0.3, 0.4) is 0 Å². The van der Waals surface area contributed by atoms with Gasteiger partial charge in [0.25, 0.3) is 0 Å². The maximum Gasteiger partial charge on any atom is 0.0780 e. The molecule has 0 aromatic heterocycles. The first-order chi connectivity index (χ1) is 8.58. The summed E-state index contributed by atoms with van der Waals surface area (Å²) in [6.07, 6.45) is 5.12. The molecule has 0 atom stereocenters. The van der Waals surface area contributed by atoms with Crippen LogP contribution >= 0.6 is 0 Å². The molecule has 0 aliphatic carbocycles. The summed E-state index contributed by atoms with van der Waals surface area (Å²) in [6.45, 7) is 2.91. The predicted octanol–water partition coefficient (Wildman–Crippen LogP) is 3.47. The van der Waals surface area contributed by atoms with Gasteiger partial charge in [0.15, 0.2) is 0 Å². The van der Waals surface area contributed by atoms with Crippen LogP contribution < -0.4 is 0 Å². The van der Waals surface area contributed by atoms with Crippen LogP contribution in [-0.2, 0) is 11.3 Å². The molecule has 0 saturated heterocycles. The topological polar surface area (TPSA) is 9.23 Å². The summed E-state index contributed by atoms with van der Waals surface area (Å²) in [5.41, 5.74) is 1.27. The first-order valence-electron chi connectivity index (χ1n) is 7.00. The van der Waals surface area contributed by atoms with Crippen molar-refractivity contribution >= 4 is 0 Å². The maximum absolute atomic E-state index is 5.66. The van der Waals surface area contributed by atoms with Crippen LogP contribution in [0.5, 0.6) is 0 Å². The Morgan fingerprint density at radius 3 is 2.22 bits per heavy atom. The zero-order valence-electron chi connectivity index (χ0n) is 12.2. The molecule has 0 fully saturated rings. The zero-order valence-corrected chi connectivity index (χ0v) is 12.2. The van der Waals surface area contributed by atoms with E-state index >= 15 is 0 Å². The number of hydrogen-bond donors (Lipinski definition) is 0. The number of hydrogen-bond acceptors (Lipinski definition) is 1. The maximum atomic E-state index is 5.66. The second kappa shape index (κ2) is 8.28. The van der Waals surface area contributed by atoms with Gasteiger partial charge in [-0.05, 0) is 24.8 Å². The van der Waals surface area contributed by atoms with E-state index in [4.69, 9.17) is 4.74 Å². The van der Waals surface area contributed by atoms with Gasteiger partial charge in [-0.15, -0.1) is 0 Å². The minimum absolute atomic E-state index is 0.750. The lowest BCUT2D eigenvalue weighted by atomic mass is 10.2. The molecule has 0 spiro atoms. The van der Waals surface area contributed by atoms with Gasteiger partial charge in [0.05, 0.1) is 34.3 Å². The first kappa shape index (κ1) is 15.2. The van der Waals surface area contributed by atoms with Gasteiger partial charge in [-0.2, -0.15) is 0 Å². The molecule has 0 radical (unpaired) electrons. The molecule has 0 aliphatic rings. The van der Waals surface area contributed by atoms with Gasteiger partial charge in [0.2, 0.25) is 0 Å². The normalized spacial score (nSPS) is 11.7. The highest BCUT2D eigenvalue weighted by atomic mass is 16.5. The Hall–Kier alpha value is -0.860. The minimum Gasteiger partial charge on any atom is -0.377 e. The first-order valence-corrected chi connectivity index (χ1v) is 7.00. The van der Waals surface area contributed by atoms with Gasteiger partial charge < -0.3 is 9.22 Å². The van der Waals surface area contributed by atoms with Crippen molar-refractivity contribution < 1.29 is 9.22 Å². The third-order valence-corrected chi connectivity index (χ3v) is 2.98. The zero-order chi connectivity index (χ0) is 13.3. The molecule has 0 amide bonds. The Balaban J connectivity index is 1.90. The fourth-order valence-electron chi connectivity index (χ4n) is 1.91. The molecule has 18 heavy (non-hydrogen) atoms. The number of ether oxygens (including phenoxy) is 1. The van der Waals surface area contributed by atoms with E-state index in [1.54, 1.807) is 0 Å². The van der Waals surface area contributed by atoms with E-state index in [1.807, 2.05) is 6.07 Å². The van der Waals surface area contributed by atoms with Gasteiger partial charge in [-0.3, -0.25) is 0 Å². The van der Waals surface area contributed by atoms with Crippen molar-refractivity contribution in [3.8, 4) is 0 Å². The molecule has 2 heteroatoms. The number of rotatable bonds is 9. The van der Waals surface area contributed by atoms with Crippen molar-refractivity contribution in [1.82, 2.24) is 0 Å². The molecule has 0 heterocycles. The van der Waals surface area contributed by atoms with E-state index in [9.17, 15) is 0 Å². The Morgan fingerprint density at radius 1 is 0.889 bits per heavy atom. The summed E-state index contributed by atoms with van der Waals surface area (Å²) in [5, 5.41) is 0. The van der Waals surface area contributed by atoms with Crippen LogP contribution in [0.2, 0.25) is 0 Å². The second-order valence-electron chi connectivity index (χ2n) is 5.97. The summed E-state index contributed by atoms with van der Waals surface area (Å²) in [6, 6.07) is 10.4. The Labute approximate surface area is 112 Å². The minimum atomic E-state index is 0.750. The van der Waals surface area contributed by atoms with Gasteiger partial charge in [-0.25, -0.2) is 0 Å². The molecule has 1 aromatic carbocycles. The molecule has 0 aliphatic heterocycles. The number of unbranched alkanes of at least 4 members (excludes halogenated alkanes) is 3. The monoisotopic (exact) mass is 250 g/mol. The predicted molar refractivity (Wildman–Crippen MR) is 77.5 cm³/mol. The van der Waals surface area contributed by atoms with Crippen molar-refractivity contribution in [2.24, 2.45) is 0 Å². The Bertz CT molecular complexity index is 303. The van der Waals surface area contributed by atoms with Crippen LogP contribution in [0.15, 0.2) is 30.3 Å². The summed E-state index contributed by atoms with van der Waals surface area (Å²) in [7, 11) is 6.76. The van der Waals surface area contributed by atoms with E-state index < -0.39 is 0 Å². The van der Waals surface area contributed by atoms with E-state index in [0.717, 1.165) is 17.7 Å². The molecule has 0 saturated carbocycles. The summed E-state index contributed by atoms with van der Waals surface area (Å²) in [5.74, 6) is 0. The van der Waals surface area contributed by atoms with E-state index in [2.05, 4.69) is 45.4 Å². The molecule has 2 nitrogen and oxygen atoms in total. The summed E-state index contributed by atoms with van der Waals surface area (Å²) in [4.78, 5) is 0.